The van der Waals surface area contributed by atoms with Crippen LogP contribution in [0.4, 0.5) is 4.79 Å². The molecule has 3 atom stereocenters. The van der Waals surface area contributed by atoms with Gasteiger partial charge in [0.2, 0.25) is 0 Å². The number of aliphatic carboxylic acids is 1. The molecule has 0 heterocycles. The second-order valence-electron chi connectivity index (χ2n) is 4.78. The second-order valence-corrected chi connectivity index (χ2v) is 4.78. The zero-order valence-corrected chi connectivity index (χ0v) is 10.9. The molecule has 0 aromatic rings. The van der Waals surface area contributed by atoms with Gasteiger partial charge >= 0.3 is 12.0 Å². The molecule has 104 valence electrons. The summed E-state index contributed by atoms with van der Waals surface area (Å²) >= 11 is 0. The Morgan fingerprint density at radius 3 is 2.50 bits per heavy atom. The number of carbonyl (C=O) groups excluding carboxylic acids is 1. The fraction of sp³-hybridized carbons (Fsp3) is 0.833. The number of nitrogens with zero attached hydrogens (tertiary/aromatic N) is 1. The normalized spacial score (nSPS) is 25.3. The minimum atomic E-state index is -1.04. The number of urea groups is 1. The number of carbonyl (C=O) groups is 2. The predicted molar refractivity (Wildman–Crippen MR) is 66.3 cm³/mol. The van der Waals surface area contributed by atoms with Gasteiger partial charge in [0.15, 0.2) is 0 Å². The lowest BCUT2D eigenvalue weighted by Gasteiger charge is -2.35. The SMILES string of the molecule is CC[C@@H](NC(=O)N(C)C1CCCCC1O)C(=O)O. The van der Waals surface area contributed by atoms with Gasteiger partial charge in [-0.15, -0.1) is 0 Å². The van der Waals surface area contributed by atoms with Crippen LogP contribution in [0.3, 0.4) is 0 Å². The fourth-order valence-corrected chi connectivity index (χ4v) is 2.28. The van der Waals surface area contributed by atoms with Crippen LogP contribution in [0.5, 0.6) is 0 Å². The maximum Gasteiger partial charge on any atom is 0.326 e. The monoisotopic (exact) mass is 258 g/mol. The molecule has 18 heavy (non-hydrogen) atoms. The molecule has 0 radical (unpaired) electrons. The summed E-state index contributed by atoms with van der Waals surface area (Å²) in [6.45, 7) is 1.70. The van der Waals surface area contributed by atoms with E-state index in [0.717, 1.165) is 19.3 Å². The molecule has 0 aromatic heterocycles. The third-order valence-corrected chi connectivity index (χ3v) is 3.52. The van der Waals surface area contributed by atoms with E-state index in [2.05, 4.69) is 5.32 Å². The van der Waals surface area contributed by atoms with E-state index >= 15 is 0 Å². The number of hydrogen-bond donors (Lipinski definition) is 3. The molecule has 1 aliphatic carbocycles. The molecule has 1 saturated carbocycles. The van der Waals surface area contributed by atoms with Crippen molar-refractivity contribution in [3.8, 4) is 0 Å². The molecule has 3 N–H and O–H groups in total. The highest BCUT2D eigenvalue weighted by atomic mass is 16.4. The Labute approximate surface area is 107 Å². The van der Waals surface area contributed by atoms with Crippen molar-refractivity contribution < 1.29 is 19.8 Å². The van der Waals surface area contributed by atoms with Crippen molar-refractivity contribution in [3.05, 3.63) is 0 Å². The molecule has 0 saturated heterocycles. The van der Waals surface area contributed by atoms with Crippen molar-refractivity contribution >= 4 is 12.0 Å². The van der Waals surface area contributed by atoms with Crippen LogP contribution in [0.1, 0.15) is 39.0 Å². The number of likely N-dealkylation sites (N-methyl/N-ethyl adjacent to an activating group) is 1. The highest BCUT2D eigenvalue weighted by molar-refractivity contribution is 5.82. The number of carboxylic acid groups (broad SMARTS) is 1. The first-order valence-electron chi connectivity index (χ1n) is 6.41. The van der Waals surface area contributed by atoms with Crippen LogP contribution in [0, 0.1) is 0 Å². The van der Waals surface area contributed by atoms with Gasteiger partial charge in [-0.3, -0.25) is 0 Å². The average molecular weight is 258 g/mol. The van der Waals surface area contributed by atoms with Crippen LogP contribution in [-0.2, 0) is 4.79 Å². The summed E-state index contributed by atoms with van der Waals surface area (Å²) in [4.78, 5) is 24.2. The minimum absolute atomic E-state index is 0.218. The highest BCUT2D eigenvalue weighted by Gasteiger charge is 2.30. The zero-order chi connectivity index (χ0) is 13.7. The number of amides is 2. The number of carboxylic acids is 1. The first-order valence-corrected chi connectivity index (χ1v) is 6.41. The molecule has 0 bridgehead atoms. The first kappa shape index (κ1) is 14.8. The number of hydrogen-bond acceptors (Lipinski definition) is 3. The molecule has 2 amide bonds. The molecule has 1 aliphatic rings. The van der Waals surface area contributed by atoms with Crippen LogP contribution in [0.15, 0.2) is 0 Å². The van der Waals surface area contributed by atoms with Crippen molar-refractivity contribution in [2.45, 2.75) is 57.2 Å². The molecular formula is C12H22N2O4. The number of nitrogens with one attached hydrogen (secondary N) is 1. The number of rotatable bonds is 4. The Balaban J connectivity index is 2.57. The van der Waals surface area contributed by atoms with Gasteiger partial charge in [-0.1, -0.05) is 19.8 Å². The van der Waals surface area contributed by atoms with Gasteiger partial charge in [0.1, 0.15) is 6.04 Å². The average Bonchev–Trinajstić information content (AvgIpc) is 2.35. The molecule has 0 aliphatic heterocycles. The molecule has 2 unspecified atom stereocenters. The van der Waals surface area contributed by atoms with E-state index in [0.29, 0.717) is 12.8 Å². The lowest BCUT2D eigenvalue weighted by atomic mass is 9.92. The van der Waals surface area contributed by atoms with E-state index in [1.165, 1.54) is 4.90 Å². The maximum absolute atomic E-state index is 11.9. The quantitative estimate of drug-likeness (QED) is 0.695. The third-order valence-electron chi connectivity index (χ3n) is 3.52. The fourth-order valence-electron chi connectivity index (χ4n) is 2.28. The third kappa shape index (κ3) is 3.60. The molecule has 0 aromatic carbocycles. The summed E-state index contributed by atoms with van der Waals surface area (Å²) < 4.78 is 0. The van der Waals surface area contributed by atoms with Crippen molar-refractivity contribution in [1.29, 1.82) is 0 Å². The summed E-state index contributed by atoms with van der Waals surface area (Å²) in [7, 11) is 1.60. The van der Waals surface area contributed by atoms with Gasteiger partial charge in [-0.2, -0.15) is 0 Å². The first-order chi connectivity index (χ1) is 8.47. The molecular weight excluding hydrogens is 236 g/mol. The van der Waals surface area contributed by atoms with Crippen LogP contribution >= 0.6 is 0 Å². The second kappa shape index (κ2) is 6.58. The Hall–Kier alpha value is -1.30. The Kier molecular flexibility index (Phi) is 5.40. The minimum Gasteiger partial charge on any atom is -0.480 e. The summed E-state index contributed by atoms with van der Waals surface area (Å²) in [5.41, 5.74) is 0. The van der Waals surface area contributed by atoms with E-state index < -0.39 is 24.1 Å². The Morgan fingerprint density at radius 2 is 2.00 bits per heavy atom. The maximum atomic E-state index is 11.9. The van der Waals surface area contributed by atoms with Gasteiger partial charge in [0.05, 0.1) is 12.1 Å². The van der Waals surface area contributed by atoms with Crippen LogP contribution in [0.2, 0.25) is 0 Å². The van der Waals surface area contributed by atoms with E-state index in [9.17, 15) is 14.7 Å². The zero-order valence-electron chi connectivity index (χ0n) is 10.9. The predicted octanol–water partition coefficient (Wildman–Crippen LogP) is 0.794. The van der Waals surface area contributed by atoms with Gasteiger partial charge in [-0.25, -0.2) is 9.59 Å². The molecule has 6 nitrogen and oxygen atoms in total. The lowest BCUT2D eigenvalue weighted by molar-refractivity contribution is -0.139. The van der Waals surface area contributed by atoms with Gasteiger partial charge in [-0.05, 0) is 19.3 Å². The van der Waals surface area contributed by atoms with E-state index in [4.69, 9.17) is 5.11 Å². The largest absolute Gasteiger partial charge is 0.480 e. The molecule has 1 rings (SSSR count). The van der Waals surface area contributed by atoms with E-state index in [1.807, 2.05) is 0 Å². The van der Waals surface area contributed by atoms with Crippen molar-refractivity contribution in [1.82, 2.24) is 10.2 Å². The number of aliphatic hydroxyl groups excluding tert-OH is 1. The summed E-state index contributed by atoms with van der Waals surface area (Å²) in [6.07, 6.45) is 3.23. The van der Waals surface area contributed by atoms with Crippen LogP contribution < -0.4 is 5.32 Å². The van der Waals surface area contributed by atoms with Crippen LogP contribution in [-0.4, -0.2) is 52.3 Å². The molecule has 6 heteroatoms. The highest BCUT2D eigenvalue weighted by Crippen LogP contribution is 2.22. The molecule has 1 fully saturated rings. The van der Waals surface area contributed by atoms with Gasteiger partial charge in [0.25, 0.3) is 0 Å². The van der Waals surface area contributed by atoms with Crippen LogP contribution in [0.25, 0.3) is 0 Å². The van der Waals surface area contributed by atoms with E-state index in [-0.39, 0.29) is 6.04 Å². The van der Waals surface area contributed by atoms with Crippen molar-refractivity contribution in [3.63, 3.8) is 0 Å². The summed E-state index contributed by atoms with van der Waals surface area (Å²) in [5, 5.41) is 21.2. The van der Waals surface area contributed by atoms with Crippen molar-refractivity contribution in [2.75, 3.05) is 7.05 Å². The summed E-state index contributed by atoms with van der Waals surface area (Å²) in [6, 6.07) is -1.53. The van der Waals surface area contributed by atoms with Crippen molar-refractivity contribution in [2.24, 2.45) is 0 Å². The van der Waals surface area contributed by atoms with E-state index in [1.54, 1.807) is 14.0 Å². The smallest absolute Gasteiger partial charge is 0.326 e. The Bertz CT molecular complexity index is 308. The molecule has 0 spiro atoms. The number of aliphatic hydroxyl groups is 1. The lowest BCUT2D eigenvalue weighted by Crippen LogP contribution is -2.53. The standard InChI is InChI=1S/C12H22N2O4/c1-3-8(11(16)17)13-12(18)14(2)9-6-4-5-7-10(9)15/h8-10,15H,3-7H2,1-2H3,(H,13,18)(H,16,17)/t8-,9?,10?/m1/s1. The van der Waals surface area contributed by atoms with Gasteiger partial charge < -0.3 is 20.4 Å². The Morgan fingerprint density at radius 1 is 1.39 bits per heavy atom. The summed E-state index contributed by atoms with van der Waals surface area (Å²) in [5.74, 6) is -1.04. The van der Waals surface area contributed by atoms with Gasteiger partial charge in [0, 0.05) is 7.05 Å². The topological polar surface area (TPSA) is 89.9 Å².